The number of hydrogen-bond acceptors (Lipinski definition) is 6. The first-order valence-corrected chi connectivity index (χ1v) is 12.0. The van der Waals surface area contributed by atoms with Gasteiger partial charge < -0.3 is 28.9 Å². The summed E-state index contributed by atoms with van der Waals surface area (Å²) in [5.74, 6) is 0.172. The fraction of sp³-hybridized carbons (Fsp3) is 0.636. The molecule has 10 heteroatoms. The number of carbonyl (C=O) groups excluding carboxylic acids is 2. The van der Waals surface area contributed by atoms with Crippen LogP contribution in [0.25, 0.3) is 0 Å². The summed E-state index contributed by atoms with van der Waals surface area (Å²) < 4.78 is 35.1. The molecule has 0 saturated carbocycles. The summed E-state index contributed by atoms with van der Waals surface area (Å²) in [6.45, 7) is 9.65. The third-order valence-electron chi connectivity index (χ3n) is 3.88. The lowest BCUT2D eigenvalue weighted by Crippen LogP contribution is -2.33. The van der Waals surface area contributed by atoms with Crippen molar-refractivity contribution in [3.63, 3.8) is 0 Å². The Morgan fingerprint density at radius 1 is 1.06 bits per heavy atom. The molecule has 0 aromatic heterocycles. The van der Waals surface area contributed by atoms with Gasteiger partial charge in [0.25, 0.3) is 0 Å². The Morgan fingerprint density at radius 3 is 2.34 bits per heavy atom. The number of nitrogens with one attached hydrogen (secondary N) is 2. The third-order valence-corrected chi connectivity index (χ3v) is 5.16. The van der Waals surface area contributed by atoms with Gasteiger partial charge in [0.15, 0.2) is 0 Å². The summed E-state index contributed by atoms with van der Waals surface area (Å²) in [7, 11) is -1.60. The van der Waals surface area contributed by atoms with Gasteiger partial charge in [-0.3, -0.25) is 4.79 Å². The van der Waals surface area contributed by atoms with E-state index < -0.39 is 27.0 Å². The Morgan fingerprint density at radius 2 is 1.75 bits per heavy atom. The number of rotatable bonds is 14. The molecular weight excluding hydrogens is 438 g/mol. The normalized spacial score (nSPS) is 11.3. The van der Waals surface area contributed by atoms with E-state index in [0.29, 0.717) is 49.6 Å². The lowest BCUT2D eigenvalue weighted by molar-refractivity contribution is -0.116. The van der Waals surface area contributed by atoms with Crippen molar-refractivity contribution < 1.29 is 32.3 Å². The fourth-order valence-electron chi connectivity index (χ4n) is 2.55. The van der Waals surface area contributed by atoms with Crippen molar-refractivity contribution in [1.82, 2.24) is 5.32 Å². The van der Waals surface area contributed by atoms with E-state index in [1.54, 1.807) is 18.2 Å². The molecule has 0 heterocycles. The molecule has 2 amide bonds. The Hall–Kier alpha value is -1.96. The highest BCUT2D eigenvalue weighted by Crippen LogP contribution is 2.42. The molecule has 0 atom stereocenters. The molecule has 0 saturated heterocycles. The van der Waals surface area contributed by atoms with Crippen molar-refractivity contribution in [2.45, 2.75) is 72.6 Å². The first kappa shape index (κ1) is 28.1. The number of hydrogen-bond donors (Lipinski definition) is 2. The zero-order chi connectivity index (χ0) is 24.0. The molecule has 0 unspecified atom stereocenters. The average molecular weight is 475 g/mol. The molecule has 0 aliphatic rings. The Bertz CT molecular complexity index is 708. The predicted molar refractivity (Wildman–Crippen MR) is 123 cm³/mol. The molecule has 32 heavy (non-hydrogen) atoms. The topological polar surface area (TPSA) is 95.1 Å². The lowest BCUT2D eigenvalue weighted by Gasteiger charge is -2.19. The number of ether oxygens (including phenoxy) is 1. The highest BCUT2D eigenvalue weighted by molar-refractivity contribution is 7.42. The van der Waals surface area contributed by atoms with Crippen molar-refractivity contribution in [2.24, 2.45) is 0 Å². The molecule has 0 bridgehead atoms. The van der Waals surface area contributed by atoms with Gasteiger partial charge >= 0.3 is 14.7 Å². The zero-order valence-corrected chi connectivity index (χ0v) is 20.6. The quantitative estimate of drug-likeness (QED) is 0.259. The van der Waals surface area contributed by atoms with Crippen molar-refractivity contribution in [3.8, 4) is 5.75 Å². The maximum absolute atomic E-state index is 13.5. The number of halogens is 1. The second-order valence-corrected chi connectivity index (χ2v) is 9.04. The molecule has 0 aliphatic carbocycles. The van der Waals surface area contributed by atoms with E-state index in [0.717, 1.165) is 12.8 Å². The highest BCUT2D eigenvalue weighted by Gasteiger charge is 2.17. The van der Waals surface area contributed by atoms with Gasteiger partial charge in [0.05, 0.1) is 13.2 Å². The van der Waals surface area contributed by atoms with Crippen molar-refractivity contribution in [2.75, 3.05) is 25.1 Å². The van der Waals surface area contributed by atoms with Crippen LogP contribution in [0.5, 0.6) is 5.75 Å². The van der Waals surface area contributed by atoms with E-state index >= 15 is 0 Å². The summed E-state index contributed by atoms with van der Waals surface area (Å²) in [6.07, 6.45) is 2.08. The van der Waals surface area contributed by atoms with Crippen molar-refractivity contribution >= 4 is 26.3 Å². The largest absolute Gasteiger partial charge is 0.444 e. The summed E-state index contributed by atoms with van der Waals surface area (Å²) in [6, 6.07) is 4.80. The second-order valence-electron chi connectivity index (χ2n) is 7.89. The summed E-state index contributed by atoms with van der Waals surface area (Å²) in [5, 5.41) is 5.46. The summed E-state index contributed by atoms with van der Waals surface area (Å²) >= 11 is 0. The second kappa shape index (κ2) is 15.0. The zero-order valence-electron chi connectivity index (χ0n) is 19.7. The number of alkyl carbamates (subject to hydrolysis) is 1. The van der Waals surface area contributed by atoms with Gasteiger partial charge in [0.1, 0.15) is 18.0 Å². The van der Waals surface area contributed by atoms with E-state index in [9.17, 15) is 14.0 Å². The number of alkyl halides is 1. The van der Waals surface area contributed by atoms with E-state index in [2.05, 4.69) is 10.6 Å². The Balaban J connectivity index is 2.40. The Kier molecular flexibility index (Phi) is 13.1. The Labute approximate surface area is 191 Å². The van der Waals surface area contributed by atoms with Gasteiger partial charge in [0, 0.05) is 24.2 Å². The van der Waals surface area contributed by atoms with Gasteiger partial charge in [0.2, 0.25) is 5.91 Å². The molecule has 8 nitrogen and oxygen atoms in total. The van der Waals surface area contributed by atoms with E-state index in [1.807, 2.05) is 34.6 Å². The maximum Gasteiger partial charge on any atom is 0.407 e. The highest BCUT2D eigenvalue weighted by atomic mass is 31.2. The molecule has 1 aromatic rings. The standard InChI is InChI=1S/C22H36FN2O6P/c1-6-28-32(29-7-2)31-19-13-12-18(15-17(19)16-23)25-20(26)11-9-8-10-14-24-21(27)30-22(3,4)5/h12-13,15H,6-11,14,16H2,1-5H3,(H,24,27)(H,25,26). The summed E-state index contributed by atoms with van der Waals surface area (Å²) in [5.41, 5.74) is 0.283. The minimum Gasteiger partial charge on any atom is -0.444 e. The number of unbranched alkanes of at least 4 members (excludes halogenated alkanes) is 2. The molecule has 1 aromatic carbocycles. The van der Waals surface area contributed by atoms with Crippen LogP contribution >= 0.6 is 8.60 Å². The minimum atomic E-state index is -1.60. The van der Waals surface area contributed by atoms with Gasteiger partial charge in [-0.2, -0.15) is 0 Å². The first-order chi connectivity index (χ1) is 15.2. The first-order valence-electron chi connectivity index (χ1n) is 10.9. The summed E-state index contributed by atoms with van der Waals surface area (Å²) in [4.78, 5) is 23.7. The van der Waals surface area contributed by atoms with Crippen molar-refractivity contribution in [3.05, 3.63) is 23.8 Å². The number of benzene rings is 1. The smallest absolute Gasteiger partial charge is 0.407 e. The fourth-order valence-corrected chi connectivity index (χ4v) is 3.49. The third kappa shape index (κ3) is 12.2. The van der Waals surface area contributed by atoms with Crippen LogP contribution in [0.4, 0.5) is 14.9 Å². The van der Waals surface area contributed by atoms with Crippen LogP contribution < -0.4 is 15.2 Å². The molecule has 0 spiro atoms. The predicted octanol–water partition coefficient (Wildman–Crippen LogP) is 5.86. The van der Waals surface area contributed by atoms with Crippen LogP contribution in [0, 0.1) is 0 Å². The average Bonchev–Trinajstić information content (AvgIpc) is 2.70. The van der Waals surface area contributed by atoms with Gasteiger partial charge in [-0.05, 0) is 65.7 Å². The lowest BCUT2D eigenvalue weighted by atomic mass is 10.1. The van der Waals surface area contributed by atoms with Crippen LogP contribution in [0.1, 0.15) is 65.9 Å². The van der Waals surface area contributed by atoms with Crippen LogP contribution in [0.15, 0.2) is 18.2 Å². The number of anilines is 1. The van der Waals surface area contributed by atoms with E-state index in [1.165, 1.54) is 0 Å². The molecule has 0 radical (unpaired) electrons. The molecule has 0 aliphatic heterocycles. The molecule has 2 N–H and O–H groups in total. The van der Waals surface area contributed by atoms with Crippen LogP contribution in [-0.2, 0) is 25.3 Å². The number of amides is 2. The number of carbonyl (C=O) groups is 2. The molecule has 1 rings (SSSR count). The van der Waals surface area contributed by atoms with Crippen molar-refractivity contribution in [1.29, 1.82) is 0 Å². The maximum atomic E-state index is 13.5. The monoisotopic (exact) mass is 474 g/mol. The SMILES string of the molecule is CCOP(OCC)Oc1ccc(NC(=O)CCCCCNC(=O)OC(C)(C)C)cc1CF. The van der Waals surface area contributed by atoms with Crippen LogP contribution in [-0.4, -0.2) is 37.4 Å². The van der Waals surface area contributed by atoms with Crippen LogP contribution in [0.2, 0.25) is 0 Å². The van der Waals surface area contributed by atoms with E-state index in [4.69, 9.17) is 18.3 Å². The molecule has 0 fully saturated rings. The minimum absolute atomic E-state index is 0.158. The molecular formula is C22H36FN2O6P. The van der Waals surface area contributed by atoms with Gasteiger partial charge in [-0.15, -0.1) is 0 Å². The van der Waals surface area contributed by atoms with Gasteiger partial charge in [-0.1, -0.05) is 6.42 Å². The van der Waals surface area contributed by atoms with Crippen LogP contribution in [0.3, 0.4) is 0 Å². The van der Waals surface area contributed by atoms with Gasteiger partial charge in [-0.25, -0.2) is 9.18 Å². The van der Waals surface area contributed by atoms with E-state index in [-0.39, 0.29) is 5.91 Å². The molecule has 182 valence electrons.